The first-order chi connectivity index (χ1) is 15.5. The number of rotatable bonds is 5. The van der Waals surface area contributed by atoms with E-state index in [9.17, 15) is 14.3 Å². The average molecular weight is 430 g/mol. The lowest BCUT2D eigenvalue weighted by Crippen LogP contribution is -2.50. The first-order valence-electron chi connectivity index (χ1n) is 11.8. The lowest BCUT2D eigenvalue weighted by Gasteiger charge is -2.56. The zero-order valence-electron chi connectivity index (χ0n) is 18.2. The van der Waals surface area contributed by atoms with Gasteiger partial charge in [0.1, 0.15) is 17.3 Å². The van der Waals surface area contributed by atoms with Crippen molar-refractivity contribution < 1.29 is 14.3 Å². The number of aromatic hydroxyl groups is 1. The fourth-order valence-corrected chi connectivity index (χ4v) is 7.14. The van der Waals surface area contributed by atoms with Crippen LogP contribution < -0.4 is 0 Å². The van der Waals surface area contributed by atoms with Crippen molar-refractivity contribution in [1.29, 1.82) is 0 Å². The molecule has 0 unspecified atom stereocenters. The monoisotopic (exact) mass is 429 g/mol. The van der Waals surface area contributed by atoms with Crippen molar-refractivity contribution in [3.8, 4) is 5.75 Å². The Kier molecular flexibility index (Phi) is 4.60. The van der Waals surface area contributed by atoms with E-state index in [-0.39, 0.29) is 11.2 Å². The number of aliphatic imine (C=N–C) groups is 1. The van der Waals surface area contributed by atoms with E-state index in [0.29, 0.717) is 30.0 Å². The predicted molar refractivity (Wildman–Crippen MR) is 123 cm³/mol. The number of phenolic OH excluding ortho intramolecular Hbond substituents is 1. The molecule has 4 saturated carbocycles. The van der Waals surface area contributed by atoms with Gasteiger partial charge in [-0.3, -0.25) is 9.79 Å². The number of halogens is 1. The number of ketones is 1. The molecule has 2 aromatic carbocycles. The maximum absolute atomic E-state index is 13.6. The molecule has 4 heteroatoms. The maximum atomic E-state index is 13.6. The Morgan fingerprint density at radius 3 is 2.31 bits per heavy atom. The summed E-state index contributed by atoms with van der Waals surface area (Å²) in [6.07, 6.45) is 9.87. The molecule has 5 aliphatic rings. The zero-order valence-corrected chi connectivity index (χ0v) is 18.2. The number of benzene rings is 2. The Morgan fingerprint density at radius 1 is 1.00 bits per heavy atom. The maximum Gasteiger partial charge on any atom is 0.143 e. The van der Waals surface area contributed by atoms with Crippen molar-refractivity contribution in [3.05, 3.63) is 71.0 Å². The highest BCUT2D eigenvalue weighted by Gasteiger charge is 2.53. The summed E-state index contributed by atoms with van der Waals surface area (Å²) >= 11 is 0. The molecule has 3 nitrogen and oxygen atoms in total. The minimum atomic E-state index is -0.393. The number of allylic oxidation sites excluding steroid dienone is 1. The van der Waals surface area contributed by atoms with Crippen molar-refractivity contribution in [2.45, 2.75) is 44.9 Å². The van der Waals surface area contributed by atoms with Crippen molar-refractivity contribution in [2.24, 2.45) is 28.2 Å². The number of Topliss-reactive ketones (excluding diaryl/α,β-unsaturated/α-hetero) is 1. The van der Waals surface area contributed by atoms with E-state index in [1.807, 2.05) is 6.08 Å². The first kappa shape index (κ1) is 19.9. The van der Waals surface area contributed by atoms with Gasteiger partial charge in [0.05, 0.1) is 12.3 Å². The third-order valence-corrected chi connectivity index (χ3v) is 8.28. The molecule has 0 atom stereocenters. The number of hydrogen-bond acceptors (Lipinski definition) is 3. The molecular weight excluding hydrogens is 401 g/mol. The van der Waals surface area contributed by atoms with Gasteiger partial charge in [0, 0.05) is 17.4 Å². The molecule has 1 N–H and O–H groups in total. The highest BCUT2D eigenvalue weighted by atomic mass is 19.1. The second-order valence-electron chi connectivity index (χ2n) is 10.5. The van der Waals surface area contributed by atoms with Gasteiger partial charge in [-0.05, 0) is 97.3 Å². The van der Waals surface area contributed by atoms with Crippen LogP contribution in [0.4, 0.5) is 4.39 Å². The van der Waals surface area contributed by atoms with Crippen LogP contribution in [0.25, 0.3) is 5.57 Å². The molecule has 1 heterocycles. The molecular formula is C28H28FNO2. The molecule has 4 aliphatic carbocycles. The molecule has 32 heavy (non-hydrogen) atoms. The first-order valence-corrected chi connectivity index (χ1v) is 11.8. The summed E-state index contributed by atoms with van der Waals surface area (Å²) in [4.78, 5) is 17.9. The number of phenols is 1. The van der Waals surface area contributed by atoms with Crippen molar-refractivity contribution >= 4 is 17.1 Å². The van der Waals surface area contributed by atoms with Gasteiger partial charge in [0.15, 0.2) is 0 Å². The Morgan fingerprint density at radius 2 is 1.66 bits per heavy atom. The molecule has 4 bridgehead atoms. The average Bonchev–Trinajstić information content (AvgIpc) is 3.25. The number of hydrogen-bond donors (Lipinski definition) is 1. The zero-order chi connectivity index (χ0) is 21.9. The van der Waals surface area contributed by atoms with Gasteiger partial charge in [0.2, 0.25) is 0 Å². The van der Waals surface area contributed by atoms with Crippen LogP contribution >= 0.6 is 0 Å². The van der Waals surface area contributed by atoms with Crippen LogP contribution in [0, 0.1) is 29.0 Å². The lowest BCUT2D eigenvalue weighted by atomic mass is 9.48. The van der Waals surface area contributed by atoms with E-state index < -0.39 is 5.82 Å². The Balaban J connectivity index is 1.16. The van der Waals surface area contributed by atoms with Gasteiger partial charge in [-0.2, -0.15) is 0 Å². The summed E-state index contributed by atoms with van der Waals surface area (Å²) < 4.78 is 13.6. The third kappa shape index (κ3) is 3.41. The number of nitrogens with zero attached hydrogens (tertiary/aromatic N) is 1. The minimum Gasteiger partial charge on any atom is -0.507 e. The smallest absolute Gasteiger partial charge is 0.143 e. The second kappa shape index (κ2) is 7.40. The fourth-order valence-electron chi connectivity index (χ4n) is 7.14. The second-order valence-corrected chi connectivity index (χ2v) is 10.5. The molecule has 7 rings (SSSR count). The fraction of sp³-hybridized carbons (Fsp3) is 0.429. The Bertz CT molecular complexity index is 1110. The summed E-state index contributed by atoms with van der Waals surface area (Å²) in [6, 6.07) is 12.1. The third-order valence-electron chi connectivity index (χ3n) is 8.28. The van der Waals surface area contributed by atoms with Gasteiger partial charge >= 0.3 is 0 Å². The SMILES string of the molecule is O=C(Cc1ccc(C2=CC(c3cc(F)ccc3O)=NC2)cc1)C12CC3CC(CC(C3)C1)C2. The highest BCUT2D eigenvalue weighted by molar-refractivity contribution is 6.16. The summed E-state index contributed by atoms with van der Waals surface area (Å²) in [6.45, 7) is 0.497. The van der Waals surface area contributed by atoms with Crippen molar-refractivity contribution in [3.63, 3.8) is 0 Å². The van der Waals surface area contributed by atoms with Crippen LogP contribution in [-0.4, -0.2) is 23.1 Å². The van der Waals surface area contributed by atoms with Crippen LogP contribution in [0.3, 0.4) is 0 Å². The molecule has 1 aliphatic heterocycles. The van der Waals surface area contributed by atoms with Gasteiger partial charge in [0.25, 0.3) is 0 Å². The molecule has 0 radical (unpaired) electrons. The number of carbonyl (C=O) groups excluding carboxylic acids is 1. The standard InChI is InChI=1S/C28H28FNO2/c29-23-5-6-26(31)24(12-23)25-11-22(16-30-25)21-3-1-17(2-4-21)10-27(32)28-13-18-7-19(14-28)9-20(8-18)15-28/h1-6,11-12,18-20,31H,7-10,13-16H2. The van der Waals surface area contributed by atoms with Crippen LogP contribution in [0.2, 0.25) is 0 Å². The van der Waals surface area contributed by atoms with E-state index >= 15 is 0 Å². The summed E-state index contributed by atoms with van der Waals surface area (Å²) in [5.74, 6) is 2.45. The molecule has 4 fully saturated rings. The van der Waals surface area contributed by atoms with Gasteiger partial charge in [-0.1, -0.05) is 24.3 Å². The molecule has 0 amide bonds. The molecule has 164 valence electrons. The molecule has 0 aromatic heterocycles. The van der Waals surface area contributed by atoms with Crippen LogP contribution in [0.15, 0.2) is 53.5 Å². The van der Waals surface area contributed by atoms with E-state index in [0.717, 1.165) is 53.7 Å². The van der Waals surface area contributed by atoms with Crippen LogP contribution in [0.5, 0.6) is 5.75 Å². The molecule has 0 saturated heterocycles. The Hall–Kier alpha value is -2.75. The normalized spacial score (nSPS) is 30.3. The van der Waals surface area contributed by atoms with Gasteiger partial charge < -0.3 is 5.11 Å². The molecule has 2 aromatic rings. The number of carbonyl (C=O) groups is 1. The van der Waals surface area contributed by atoms with Crippen LogP contribution in [-0.2, 0) is 11.2 Å². The topological polar surface area (TPSA) is 49.7 Å². The van der Waals surface area contributed by atoms with Gasteiger partial charge in [-0.25, -0.2) is 4.39 Å². The van der Waals surface area contributed by atoms with Crippen molar-refractivity contribution in [2.75, 3.05) is 6.54 Å². The van der Waals surface area contributed by atoms with Crippen LogP contribution in [0.1, 0.15) is 55.2 Å². The van der Waals surface area contributed by atoms with E-state index in [2.05, 4.69) is 29.3 Å². The van der Waals surface area contributed by atoms with E-state index in [4.69, 9.17) is 0 Å². The largest absolute Gasteiger partial charge is 0.507 e. The van der Waals surface area contributed by atoms with Gasteiger partial charge in [-0.15, -0.1) is 0 Å². The predicted octanol–water partition coefficient (Wildman–Crippen LogP) is 5.75. The molecule has 0 spiro atoms. The minimum absolute atomic E-state index is 0.0289. The van der Waals surface area contributed by atoms with Crippen molar-refractivity contribution in [1.82, 2.24) is 0 Å². The Labute approximate surface area is 188 Å². The highest BCUT2D eigenvalue weighted by Crippen LogP contribution is 2.60. The summed E-state index contributed by atoms with van der Waals surface area (Å²) in [5, 5.41) is 10.1. The van der Waals surface area contributed by atoms with E-state index in [1.165, 1.54) is 37.5 Å². The lowest BCUT2D eigenvalue weighted by molar-refractivity contribution is -0.143. The summed E-state index contributed by atoms with van der Waals surface area (Å²) in [7, 11) is 0. The van der Waals surface area contributed by atoms with E-state index in [1.54, 1.807) is 0 Å². The quantitative estimate of drug-likeness (QED) is 0.658. The summed E-state index contributed by atoms with van der Waals surface area (Å²) in [5.41, 5.74) is 4.12.